The van der Waals surface area contributed by atoms with Gasteiger partial charge < -0.3 is 9.84 Å². The Morgan fingerprint density at radius 2 is 2.32 bits per heavy atom. The van der Waals surface area contributed by atoms with Crippen LogP contribution in [0.2, 0.25) is 0 Å². The molecular weight excluding hydrogens is 272 g/mol. The fourth-order valence-electron chi connectivity index (χ4n) is 1.83. The summed E-state index contributed by atoms with van der Waals surface area (Å²) in [6.45, 7) is 0.576. The number of carboxylic acids is 1. The molecule has 7 nitrogen and oxygen atoms in total. The number of sulfonamides is 1. The normalized spacial score (nSPS) is 19.3. The summed E-state index contributed by atoms with van der Waals surface area (Å²) in [7, 11) is -3.59. The molecule has 0 aliphatic carbocycles. The van der Waals surface area contributed by atoms with E-state index in [1.54, 1.807) is 0 Å². The number of ether oxygens (including phenoxy) is 1. The predicted octanol–water partition coefficient (Wildman–Crippen LogP) is 0.700. The Balaban J connectivity index is 2.06. The van der Waals surface area contributed by atoms with E-state index in [0.29, 0.717) is 13.0 Å². The molecule has 1 aromatic rings. The highest BCUT2D eigenvalue weighted by atomic mass is 32.2. The monoisotopic (exact) mass is 286 g/mol. The summed E-state index contributed by atoms with van der Waals surface area (Å²) in [4.78, 5) is 14.4. The molecule has 1 fully saturated rings. The van der Waals surface area contributed by atoms with Crippen molar-refractivity contribution in [3.8, 4) is 0 Å². The summed E-state index contributed by atoms with van der Waals surface area (Å²) in [6, 6.07) is 4.13. The van der Waals surface area contributed by atoms with Gasteiger partial charge in [0.05, 0.1) is 11.9 Å². The van der Waals surface area contributed by atoms with Gasteiger partial charge in [0.15, 0.2) is 5.69 Å². The summed E-state index contributed by atoms with van der Waals surface area (Å²) in [5.74, 6) is -1.36. The van der Waals surface area contributed by atoms with E-state index in [9.17, 15) is 13.2 Å². The van der Waals surface area contributed by atoms with Crippen LogP contribution in [-0.2, 0) is 14.8 Å². The first-order valence-electron chi connectivity index (χ1n) is 5.79. The van der Waals surface area contributed by atoms with E-state index in [1.807, 2.05) is 0 Å². The van der Waals surface area contributed by atoms with Crippen LogP contribution in [0.25, 0.3) is 0 Å². The number of pyridine rings is 1. The maximum absolute atomic E-state index is 11.9. The lowest BCUT2D eigenvalue weighted by Crippen LogP contribution is -2.26. The van der Waals surface area contributed by atoms with E-state index < -0.39 is 16.0 Å². The predicted molar refractivity (Wildman–Crippen MR) is 67.6 cm³/mol. The van der Waals surface area contributed by atoms with E-state index >= 15 is 0 Å². The molecule has 19 heavy (non-hydrogen) atoms. The highest BCUT2D eigenvalue weighted by Crippen LogP contribution is 2.15. The Morgan fingerprint density at radius 3 is 2.95 bits per heavy atom. The smallest absolute Gasteiger partial charge is 0.354 e. The Hall–Kier alpha value is -1.67. The maximum atomic E-state index is 11.9. The summed E-state index contributed by atoms with van der Waals surface area (Å²) < 4.78 is 31.2. The highest BCUT2D eigenvalue weighted by molar-refractivity contribution is 7.92. The van der Waals surface area contributed by atoms with Gasteiger partial charge in [0.25, 0.3) is 0 Å². The van der Waals surface area contributed by atoms with Gasteiger partial charge in [0.1, 0.15) is 5.82 Å². The quantitative estimate of drug-likeness (QED) is 0.825. The molecule has 1 aliphatic heterocycles. The number of anilines is 1. The summed E-state index contributed by atoms with van der Waals surface area (Å²) in [5.41, 5.74) is -0.211. The van der Waals surface area contributed by atoms with Crippen molar-refractivity contribution >= 4 is 21.8 Å². The van der Waals surface area contributed by atoms with Crippen LogP contribution in [0.3, 0.4) is 0 Å². The average molecular weight is 286 g/mol. The molecule has 104 valence electrons. The SMILES string of the molecule is O=C(O)c1cccc(NS(=O)(=O)CC2CCCO2)n1. The third kappa shape index (κ3) is 3.90. The van der Waals surface area contributed by atoms with E-state index in [0.717, 1.165) is 6.42 Å². The Morgan fingerprint density at radius 1 is 1.53 bits per heavy atom. The molecule has 1 atom stereocenters. The summed E-state index contributed by atoms with van der Waals surface area (Å²) in [5, 5.41) is 8.78. The highest BCUT2D eigenvalue weighted by Gasteiger charge is 2.23. The molecule has 0 bridgehead atoms. The third-order valence-corrected chi connectivity index (χ3v) is 3.99. The molecule has 1 aliphatic rings. The number of rotatable bonds is 5. The Kier molecular flexibility index (Phi) is 4.01. The minimum absolute atomic E-state index is 0.00195. The van der Waals surface area contributed by atoms with Gasteiger partial charge in [-0.25, -0.2) is 18.2 Å². The number of hydrogen-bond acceptors (Lipinski definition) is 5. The van der Waals surface area contributed by atoms with Crippen LogP contribution in [0.1, 0.15) is 23.3 Å². The molecule has 1 aromatic heterocycles. The molecule has 0 spiro atoms. The van der Waals surface area contributed by atoms with Crippen LogP contribution in [-0.4, -0.2) is 42.9 Å². The zero-order chi connectivity index (χ0) is 13.9. The molecule has 0 aromatic carbocycles. The van der Waals surface area contributed by atoms with Gasteiger partial charge in [-0.05, 0) is 25.0 Å². The van der Waals surface area contributed by atoms with E-state index in [4.69, 9.17) is 9.84 Å². The van der Waals surface area contributed by atoms with Crippen LogP contribution >= 0.6 is 0 Å². The van der Waals surface area contributed by atoms with Crippen molar-refractivity contribution in [3.05, 3.63) is 23.9 Å². The number of nitrogens with one attached hydrogen (secondary N) is 1. The first-order valence-corrected chi connectivity index (χ1v) is 7.44. The minimum atomic E-state index is -3.59. The van der Waals surface area contributed by atoms with Crippen molar-refractivity contribution in [1.82, 2.24) is 4.98 Å². The summed E-state index contributed by atoms with van der Waals surface area (Å²) >= 11 is 0. The molecule has 1 unspecified atom stereocenters. The molecule has 0 amide bonds. The second-order valence-electron chi connectivity index (χ2n) is 4.23. The first-order chi connectivity index (χ1) is 8.96. The van der Waals surface area contributed by atoms with Gasteiger partial charge in [-0.2, -0.15) is 0 Å². The standard InChI is InChI=1S/C11H14N2O5S/c14-11(15)9-4-1-5-10(12-9)13-19(16,17)7-8-3-2-6-18-8/h1,4-5,8H,2-3,6-7H2,(H,12,13)(H,14,15). The van der Waals surface area contributed by atoms with Crippen molar-refractivity contribution in [2.75, 3.05) is 17.1 Å². The molecule has 2 heterocycles. The average Bonchev–Trinajstić information content (AvgIpc) is 2.80. The van der Waals surface area contributed by atoms with Crippen LogP contribution < -0.4 is 4.72 Å². The minimum Gasteiger partial charge on any atom is -0.477 e. The van der Waals surface area contributed by atoms with Gasteiger partial charge in [-0.15, -0.1) is 0 Å². The number of aromatic carboxylic acids is 1. The van der Waals surface area contributed by atoms with E-state index in [-0.39, 0.29) is 23.4 Å². The number of carbonyl (C=O) groups is 1. The Bertz CT molecular complexity index is 566. The number of nitrogens with zero attached hydrogens (tertiary/aromatic N) is 1. The second kappa shape index (κ2) is 5.54. The number of aromatic nitrogens is 1. The third-order valence-electron chi connectivity index (χ3n) is 2.66. The van der Waals surface area contributed by atoms with Crippen molar-refractivity contribution < 1.29 is 23.1 Å². The fourth-order valence-corrected chi connectivity index (χ4v) is 3.10. The van der Waals surface area contributed by atoms with Crippen molar-refractivity contribution in [2.45, 2.75) is 18.9 Å². The van der Waals surface area contributed by atoms with Gasteiger partial charge in [-0.1, -0.05) is 6.07 Å². The molecular formula is C11H14N2O5S. The number of carboxylic acid groups (broad SMARTS) is 1. The van der Waals surface area contributed by atoms with Crippen molar-refractivity contribution in [1.29, 1.82) is 0 Å². The van der Waals surface area contributed by atoms with Crippen LogP contribution in [0.5, 0.6) is 0 Å². The largest absolute Gasteiger partial charge is 0.477 e. The van der Waals surface area contributed by atoms with E-state index in [1.165, 1.54) is 18.2 Å². The summed E-state index contributed by atoms with van der Waals surface area (Å²) in [6.07, 6.45) is 1.26. The Labute approximate surface area is 110 Å². The topological polar surface area (TPSA) is 106 Å². The molecule has 8 heteroatoms. The second-order valence-corrected chi connectivity index (χ2v) is 6.00. The molecule has 2 N–H and O–H groups in total. The fraction of sp³-hybridized carbons (Fsp3) is 0.455. The maximum Gasteiger partial charge on any atom is 0.354 e. The van der Waals surface area contributed by atoms with Gasteiger partial charge >= 0.3 is 5.97 Å². The van der Waals surface area contributed by atoms with E-state index in [2.05, 4.69) is 9.71 Å². The zero-order valence-corrected chi connectivity index (χ0v) is 10.9. The van der Waals surface area contributed by atoms with Gasteiger partial charge in [0.2, 0.25) is 10.0 Å². The molecule has 2 rings (SSSR count). The van der Waals surface area contributed by atoms with Crippen LogP contribution in [0.15, 0.2) is 18.2 Å². The van der Waals surface area contributed by atoms with Gasteiger partial charge in [-0.3, -0.25) is 4.72 Å². The lowest BCUT2D eigenvalue weighted by atomic mass is 10.3. The van der Waals surface area contributed by atoms with Crippen molar-refractivity contribution in [3.63, 3.8) is 0 Å². The molecule has 0 saturated carbocycles. The van der Waals surface area contributed by atoms with Crippen LogP contribution in [0.4, 0.5) is 5.82 Å². The lowest BCUT2D eigenvalue weighted by Gasteiger charge is -2.11. The first kappa shape index (κ1) is 13.8. The van der Waals surface area contributed by atoms with Gasteiger partial charge in [0, 0.05) is 6.61 Å². The van der Waals surface area contributed by atoms with Crippen LogP contribution in [0, 0.1) is 0 Å². The number of hydrogen-bond donors (Lipinski definition) is 2. The van der Waals surface area contributed by atoms with Crippen molar-refractivity contribution in [2.24, 2.45) is 0 Å². The molecule has 0 radical (unpaired) electrons. The molecule has 1 saturated heterocycles. The zero-order valence-electron chi connectivity index (χ0n) is 10.1. The lowest BCUT2D eigenvalue weighted by molar-refractivity contribution is 0.0690.